The van der Waals surface area contributed by atoms with Crippen LogP contribution in [0.1, 0.15) is 28.0 Å². The molecule has 0 amide bonds. The predicted octanol–water partition coefficient (Wildman–Crippen LogP) is 3.66. The molecule has 28 heavy (non-hydrogen) atoms. The smallest absolute Gasteiger partial charge is 0.195 e. The molecule has 0 N–H and O–H groups in total. The number of hydrogen-bond donors (Lipinski definition) is 0. The Morgan fingerprint density at radius 2 is 1.96 bits per heavy atom. The predicted molar refractivity (Wildman–Crippen MR) is 109 cm³/mol. The number of benzene rings is 2. The molecular weight excluding hydrogens is 352 g/mol. The van der Waals surface area contributed by atoms with Gasteiger partial charge in [-0.15, -0.1) is 0 Å². The standard InChI is InChI=1S/C23H24N2O3/c1-15-21(23(26)16-7-9-17(27-2)10-8-16)19-5-3-6-20-22(19)25(15)14-18(28-20)13-24-11-4-12-24/h3,5-10,18H,4,11-14H2,1-2H3. The third kappa shape index (κ3) is 2.69. The molecule has 144 valence electrons. The van der Waals surface area contributed by atoms with Crippen LogP contribution in [0.15, 0.2) is 42.5 Å². The number of para-hydroxylation sites is 1. The first-order valence-corrected chi connectivity index (χ1v) is 9.85. The number of ketones is 1. The maximum absolute atomic E-state index is 13.4. The van der Waals surface area contributed by atoms with Gasteiger partial charge in [0.1, 0.15) is 17.6 Å². The monoisotopic (exact) mass is 376 g/mol. The van der Waals surface area contributed by atoms with Crippen LogP contribution in [-0.4, -0.2) is 48.1 Å². The van der Waals surface area contributed by atoms with Crippen molar-refractivity contribution in [2.24, 2.45) is 0 Å². The molecule has 3 heterocycles. The Balaban J connectivity index is 1.55. The lowest BCUT2D eigenvalue weighted by Gasteiger charge is -2.36. The number of hydrogen-bond acceptors (Lipinski definition) is 4. The summed E-state index contributed by atoms with van der Waals surface area (Å²) in [6.45, 7) is 6.08. The van der Waals surface area contributed by atoms with Crippen molar-refractivity contribution in [2.45, 2.75) is 26.0 Å². The van der Waals surface area contributed by atoms with E-state index in [0.717, 1.165) is 59.8 Å². The largest absolute Gasteiger partial charge is 0.497 e. The summed E-state index contributed by atoms with van der Waals surface area (Å²) in [6, 6.07) is 13.3. The maximum atomic E-state index is 13.4. The van der Waals surface area contributed by atoms with Crippen molar-refractivity contribution in [3.8, 4) is 11.5 Å². The van der Waals surface area contributed by atoms with Gasteiger partial charge in [-0.2, -0.15) is 0 Å². The van der Waals surface area contributed by atoms with Crippen molar-refractivity contribution >= 4 is 16.7 Å². The van der Waals surface area contributed by atoms with Gasteiger partial charge in [-0.1, -0.05) is 12.1 Å². The van der Waals surface area contributed by atoms with Crippen LogP contribution in [0.2, 0.25) is 0 Å². The molecule has 0 saturated carbocycles. The van der Waals surface area contributed by atoms with Gasteiger partial charge in [0.15, 0.2) is 5.78 Å². The molecule has 5 heteroatoms. The highest BCUT2D eigenvalue weighted by molar-refractivity contribution is 6.18. The Morgan fingerprint density at radius 1 is 1.18 bits per heavy atom. The number of ether oxygens (including phenoxy) is 2. The third-order valence-corrected chi connectivity index (χ3v) is 5.97. The summed E-state index contributed by atoms with van der Waals surface area (Å²) in [6.07, 6.45) is 1.39. The lowest BCUT2D eigenvalue weighted by molar-refractivity contribution is 0.0791. The fourth-order valence-corrected chi connectivity index (χ4v) is 4.36. The molecule has 5 rings (SSSR count). The highest BCUT2D eigenvalue weighted by Crippen LogP contribution is 2.37. The van der Waals surface area contributed by atoms with Crippen LogP contribution in [0.5, 0.6) is 11.5 Å². The fraction of sp³-hybridized carbons (Fsp3) is 0.348. The zero-order valence-corrected chi connectivity index (χ0v) is 16.3. The third-order valence-electron chi connectivity index (χ3n) is 5.97. The average Bonchev–Trinajstić information content (AvgIpc) is 2.98. The number of carbonyl (C=O) groups excluding carboxylic acids is 1. The lowest BCUT2D eigenvalue weighted by atomic mass is 10.0. The Hall–Kier alpha value is -2.79. The van der Waals surface area contributed by atoms with Crippen molar-refractivity contribution in [1.29, 1.82) is 0 Å². The van der Waals surface area contributed by atoms with E-state index in [9.17, 15) is 4.79 Å². The van der Waals surface area contributed by atoms with Gasteiger partial charge in [0, 0.05) is 23.2 Å². The SMILES string of the molecule is COc1ccc(C(=O)c2c(C)n3c4c(cccc24)OC(CN2CCC2)C3)cc1. The van der Waals surface area contributed by atoms with Crippen LogP contribution in [0.25, 0.3) is 10.9 Å². The molecule has 2 aliphatic rings. The summed E-state index contributed by atoms with van der Waals surface area (Å²) < 4.78 is 13.8. The van der Waals surface area contributed by atoms with E-state index < -0.39 is 0 Å². The van der Waals surface area contributed by atoms with Crippen LogP contribution < -0.4 is 9.47 Å². The second-order valence-corrected chi connectivity index (χ2v) is 7.67. The van der Waals surface area contributed by atoms with Crippen LogP contribution in [0.3, 0.4) is 0 Å². The first-order chi connectivity index (χ1) is 13.7. The van der Waals surface area contributed by atoms with Gasteiger partial charge in [-0.05, 0) is 56.8 Å². The zero-order chi connectivity index (χ0) is 19.3. The Morgan fingerprint density at radius 3 is 2.64 bits per heavy atom. The summed E-state index contributed by atoms with van der Waals surface area (Å²) in [5.74, 6) is 1.67. The molecule has 2 aliphatic heterocycles. The first-order valence-electron chi connectivity index (χ1n) is 9.85. The van der Waals surface area contributed by atoms with Crippen molar-refractivity contribution in [3.63, 3.8) is 0 Å². The Kier molecular flexibility index (Phi) is 4.13. The molecule has 0 aliphatic carbocycles. The summed E-state index contributed by atoms with van der Waals surface area (Å²) in [4.78, 5) is 15.8. The van der Waals surface area contributed by atoms with Crippen molar-refractivity contribution < 1.29 is 14.3 Å². The summed E-state index contributed by atoms with van der Waals surface area (Å²) >= 11 is 0. The maximum Gasteiger partial charge on any atom is 0.195 e. The number of methoxy groups -OCH3 is 1. The van der Waals surface area contributed by atoms with Gasteiger partial charge in [0.2, 0.25) is 0 Å². The summed E-state index contributed by atoms with van der Waals surface area (Å²) in [5, 5.41) is 0.971. The number of nitrogens with zero attached hydrogens (tertiary/aromatic N) is 2. The van der Waals surface area contributed by atoms with Crippen LogP contribution >= 0.6 is 0 Å². The van der Waals surface area contributed by atoms with Gasteiger partial charge in [-0.3, -0.25) is 9.69 Å². The molecule has 5 nitrogen and oxygen atoms in total. The summed E-state index contributed by atoms with van der Waals surface area (Å²) in [7, 11) is 1.63. The van der Waals surface area contributed by atoms with E-state index >= 15 is 0 Å². The van der Waals surface area contributed by atoms with Gasteiger partial charge in [0.05, 0.1) is 24.7 Å². The molecular formula is C23H24N2O3. The van der Waals surface area contributed by atoms with Gasteiger partial charge >= 0.3 is 0 Å². The molecule has 0 spiro atoms. The minimum atomic E-state index is 0.0437. The van der Waals surface area contributed by atoms with Gasteiger partial charge in [0.25, 0.3) is 0 Å². The van der Waals surface area contributed by atoms with Gasteiger partial charge in [-0.25, -0.2) is 0 Å². The minimum absolute atomic E-state index is 0.0437. The van der Waals surface area contributed by atoms with E-state index in [-0.39, 0.29) is 11.9 Å². The van der Waals surface area contributed by atoms with Crippen LogP contribution in [0, 0.1) is 6.92 Å². The van der Waals surface area contributed by atoms with E-state index in [4.69, 9.17) is 9.47 Å². The highest BCUT2D eigenvalue weighted by atomic mass is 16.5. The quantitative estimate of drug-likeness (QED) is 0.638. The number of likely N-dealkylation sites (tertiary alicyclic amines) is 1. The molecule has 1 atom stereocenters. The normalized spacial score (nSPS) is 18.6. The van der Waals surface area contributed by atoms with Gasteiger partial charge < -0.3 is 14.0 Å². The van der Waals surface area contributed by atoms with E-state index in [2.05, 4.69) is 9.47 Å². The molecule has 0 bridgehead atoms. The average molecular weight is 376 g/mol. The molecule has 0 radical (unpaired) electrons. The van der Waals surface area contributed by atoms with E-state index in [1.165, 1.54) is 6.42 Å². The Bertz CT molecular complexity index is 1050. The lowest BCUT2D eigenvalue weighted by Crippen LogP contribution is -2.46. The second-order valence-electron chi connectivity index (χ2n) is 7.67. The topological polar surface area (TPSA) is 43.7 Å². The highest BCUT2D eigenvalue weighted by Gasteiger charge is 2.30. The molecule has 1 saturated heterocycles. The zero-order valence-electron chi connectivity index (χ0n) is 16.3. The van der Waals surface area contributed by atoms with E-state index in [1.54, 1.807) is 7.11 Å². The Labute approximate surface area is 164 Å². The second kappa shape index (κ2) is 6.67. The van der Waals surface area contributed by atoms with Crippen LogP contribution in [0.4, 0.5) is 0 Å². The summed E-state index contributed by atoms with van der Waals surface area (Å²) in [5.41, 5.74) is 3.50. The van der Waals surface area contributed by atoms with Crippen molar-refractivity contribution in [2.75, 3.05) is 26.7 Å². The molecule has 1 aromatic heterocycles. The molecule has 1 fully saturated rings. The molecule has 2 aromatic carbocycles. The molecule has 1 unspecified atom stereocenters. The number of aromatic nitrogens is 1. The van der Waals surface area contributed by atoms with E-state index in [0.29, 0.717) is 5.56 Å². The number of carbonyl (C=O) groups is 1. The van der Waals surface area contributed by atoms with Crippen molar-refractivity contribution in [3.05, 3.63) is 59.3 Å². The number of rotatable bonds is 5. The minimum Gasteiger partial charge on any atom is -0.497 e. The van der Waals surface area contributed by atoms with Crippen molar-refractivity contribution in [1.82, 2.24) is 9.47 Å². The first kappa shape index (κ1) is 17.3. The van der Waals surface area contributed by atoms with Crippen LogP contribution in [-0.2, 0) is 6.54 Å². The van der Waals surface area contributed by atoms with E-state index in [1.807, 2.05) is 49.4 Å². The fourth-order valence-electron chi connectivity index (χ4n) is 4.36. The molecule has 3 aromatic rings.